The minimum Gasteiger partial charge on any atom is -0.318 e. The van der Waals surface area contributed by atoms with E-state index in [1.54, 1.807) is 12.1 Å². The molecule has 3 aromatic rings. The number of aromatic nitrogens is 1. The zero-order chi connectivity index (χ0) is 25.3. The number of carbonyl (C=O) groups is 2. The van der Waals surface area contributed by atoms with Gasteiger partial charge in [0.2, 0.25) is 0 Å². The number of thioether (sulfide) groups is 1. The van der Waals surface area contributed by atoms with E-state index in [1.807, 2.05) is 24.3 Å². The Morgan fingerprint density at radius 1 is 0.838 bits per heavy atom. The topological polar surface area (TPSA) is 42.3 Å². The first-order chi connectivity index (χ1) is 17.9. The first-order valence-electron chi connectivity index (χ1n) is 13.5. The van der Waals surface area contributed by atoms with Crippen LogP contribution in [0.2, 0.25) is 0 Å². The molecule has 2 aromatic carbocycles. The highest BCUT2D eigenvalue weighted by atomic mass is 32.2. The quantitative estimate of drug-likeness (QED) is 0.338. The lowest BCUT2D eigenvalue weighted by Gasteiger charge is -2.57. The van der Waals surface area contributed by atoms with Gasteiger partial charge in [0.15, 0.2) is 0 Å². The molecule has 4 aliphatic carbocycles. The smallest absolute Gasteiger partial charge is 0.298 e. The number of anilines is 1. The molecule has 0 spiro atoms. The van der Waals surface area contributed by atoms with Crippen LogP contribution >= 0.6 is 11.8 Å². The molecule has 37 heavy (non-hydrogen) atoms. The van der Waals surface area contributed by atoms with Gasteiger partial charge in [-0.05, 0) is 135 Å². The summed E-state index contributed by atoms with van der Waals surface area (Å²) in [6, 6.07) is 20.6. The largest absolute Gasteiger partial charge is 0.318 e. The third-order valence-corrected chi connectivity index (χ3v) is 10.2. The summed E-state index contributed by atoms with van der Waals surface area (Å²) in [5.41, 5.74) is 6.87. The van der Waals surface area contributed by atoms with E-state index in [2.05, 4.69) is 48.7 Å². The van der Waals surface area contributed by atoms with Crippen molar-refractivity contribution in [1.82, 2.24) is 4.57 Å². The molecule has 4 bridgehead atoms. The van der Waals surface area contributed by atoms with Crippen molar-refractivity contribution in [3.8, 4) is 5.69 Å². The molecule has 1 saturated heterocycles. The average molecular weight is 509 g/mol. The van der Waals surface area contributed by atoms with Crippen molar-refractivity contribution >= 4 is 34.7 Å². The Kier molecular flexibility index (Phi) is 5.30. The summed E-state index contributed by atoms with van der Waals surface area (Å²) in [7, 11) is 0. The fraction of sp³-hybridized carbons (Fsp3) is 0.375. The molecule has 0 unspecified atom stereocenters. The van der Waals surface area contributed by atoms with Gasteiger partial charge in [-0.2, -0.15) is 0 Å². The van der Waals surface area contributed by atoms with Gasteiger partial charge in [-0.25, -0.2) is 4.90 Å². The standard InChI is InChI=1S/C32H32N2O2S/c1-20-12-25(16-29-30(35)34(31(36)37-29)27-6-4-3-5-7-27)21(2)33(20)28-10-8-26(9-11-28)32-17-22-13-23(18-32)15-24(14-22)19-32/h3-12,16,22-24H,13-15,17-19H2,1-2H3. The second-order valence-corrected chi connectivity index (χ2v) is 12.8. The maximum absolute atomic E-state index is 13.1. The van der Waals surface area contributed by atoms with Crippen molar-refractivity contribution < 1.29 is 9.59 Å². The van der Waals surface area contributed by atoms with Crippen molar-refractivity contribution in [2.45, 2.75) is 57.8 Å². The van der Waals surface area contributed by atoms with Crippen LogP contribution in [0.25, 0.3) is 11.8 Å². The Morgan fingerprint density at radius 2 is 1.46 bits per heavy atom. The normalized spacial score (nSPS) is 29.6. The molecule has 5 heteroatoms. The van der Waals surface area contributed by atoms with Crippen molar-refractivity contribution in [3.05, 3.63) is 88.1 Å². The highest BCUT2D eigenvalue weighted by Gasteiger charge is 2.51. The van der Waals surface area contributed by atoms with Crippen LogP contribution in [0.1, 0.15) is 61.0 Å². The monoisotopic (exact) mass is 508 g/mol. The third kappa shape index (κ3) is 3.73. The summed E-state index contributed by atoms with van der Waals surface area (Å²) in [6.45, 7) is 4.19. The molecule has 188 valence electrons. The minimum absolute atomic E-state index is 0.253. The average Bonchev–Trinajstić information content (AvgIpc) is 3.32. The molecule has 0 N–H and O–H groups in total. The van der Waals surface area contributed by atoms with E-state index >= 15 is 0 Å². The summed E-state index contributed by atoms with van der Waals surface area (Å²) < 4.78 is 2.26. The van der Waals surface area contributed by atoms with E-state index < -0.39 is 0 Å². The van der Waals surface area contributed by atoms with Gasteiger partial charge in [-0.3, -0.25) is 9.59 Å². The Labute approximate surface area is 222 Å². The van der Waals surface area contributed by atoms with E-state index in [4.69, 9.17) is 0 Å². The molecule has 8 rings (SSSR count). The van der Waals surface area contributed by atoms with Crippen molar-refractivity contribution in [2.75, 3.05) is 4.90 Å². The number of hydrogen-bond donors (Lipinski definition) is 0. The van der Waals surface area contributed by atoms with E-state index in [0.717, 1.165) is 52.2 Å². The fourth-order valence-corrected chi connectivity index (χ4v) is 9.00. The number of carbonyl (C=O) groups excluding carboxylic acids is 2. The van der Waals surface area contributed by atoms with Gasteiger partial charge in [0.05, 0.1) is 10.6 Å². The predicted molar refractivity (Wildman–Crippen MR) is 150 cm³/mol. The Bertz CT molecular complexity index is 1400. The molecule has 0 radical (unpaired) electrons. The van der Waals surface area contributed by atoms with Crippen LogP contribution in [-0.2, 0) is 10.2 Å². The lowest BCUT2D eigenvalue weighted by molar-refractivity contribution is -0.113. The molecule has 4 saturated carbocycles. The molecule has 2 amide bonds. The summed E-state index contributed by atoms with van der Waals surface area (Å²) in [5.74, 6) is 2.56. The van der Waals surface area contributed by atoms with E-state index in [0.29, 0.717) is 16.0 Å². The van der Waals surface area contributed by atoms with Crippen LogP contribution in [0.5, 0.6) is 0 Å². The SMILES string of the molecule is Cc1cc(C=C2SC(=O)N(c3ccccc3)C2=O)c(C)n1-c1ccc(C23CC4CC(CC(C4)C2)C3)cc1. The zero-order valence-corrected chi connectivity index (χ0v) is 22.3. The Balaban J connectivity index is 1.17. The van der Waals surface area contributed by atoms with Crippen LogP contribution in [0.4, 0.5) is 10.5 Å². The van der Waals surface area contributed by atoms with Crippen LogP contribution in [0, 0.1) is 31.6 Å². The Hall–Kier alpha value is -3.05. The summed E-state index contributed by atoms with van der Waals surface area (Å²) in [5, 5.41) is -0.253. The van der Waals surface area contributed by atoms with Gasteiger partial charge in [0, 0.05) is 17.1 Å². The van der Waals surface area contributed by atoms with Gasteiger partial charge in [-0.1, -0.05) is 30.3 Å². The molecule has 4 nitrogen and oxygen atoms in total. The van der Waals surface area contributed by atoms with Crippen molar-refractivity contribution in [2.24, 2.45) is 17.8 Å². The van der Waals surface area contributed by atoms with Gasteiger partial charge < -0.3 is 4.57 Å². The van der Waals surface area contributed by atoms with Crippen molar-refractivity contribution in [3.63, 3.8) is 0 Å². The predicted octanol–water partition coefficient (Wildman–Crippen LogP) is 7.80. The molecule has 0 atom stereocenters. The molecule has 2 heterocycles. The lowest BCUT2D eigenvalue weighted by Crippen LogP contribution is -2.48. The molecule has 1 aromatic heterocycles. The minimum atomic E-state index is -0.258. The first kappa shape index (κ1) is 23.1. The first-order valence-corrected chi connectivity index (χ1v) is 14.3. The number of imide groups is 1. The molecule has 5 aliphatic rings. The molecular formula is C32H32N2O2S. The number of benzene rings is 2. The highest BCUT2D eigenvalue weighted by molar-refractivity contribution is 8.19. The van der Waals surface area contributed by atoms with Crippen molar-refractivity contribution in [1.29, 1.82) is 0 Å². The number of hydrogen-bond acceptors (Lipinski definition) is 3. The van der Waals surface area contributed by atoms with Gasteiger partial charge in [0.1, 0.15) is 0 Å². The van der Waals surface area contributed by atoms with Gasteiger partial charge in [-0.15, -0.1) is 0 Å². The summed E-state index contributed by atoms with van der Waals surface area (Å²) >= 11 is 1.01. The second kappa shape index (κ2) is 8.49. The van der Waals surface area contributed by atoms with Crippen LogP contribution in [0.3, 0.4) is 0 Å². The van der Waals surface area contributed by atoms with Crippen LogP contribution in [-0.4, -0.2) is 15.7 Å². The Morgan fingerprint density at radius 3 is 2.08 bits per heavy atom. The number of nitrogens with zero attached hydrogens (tertiary/aromatic N) is 2. The number of rotatable bonds is 4. The summed E-state index contributed by atoms with van der Waals surface area (Å²) in [6.07, 6.45) is 10.4. The summed E-state index contributed by atoms with van der Waals surface area (Å²) in [4.78, 5) is 27.5. The van der Waals surface area contributed by atoms with E-state index in [-0.39, 0.29) is 11.1 Å². The number of para-hydroxylation sites is 1. The highest BCUT2D eigenvalue weighted by Crippen LogP contribution is 2.60. The number of aryl methyl sites for hydroxylation is 1. The van der Waals surface area contributed by atoms with Gasteiger partial charge in [0.25, 0.3) is 11.1 Å². The maximum atomic E-state index is 13.1. The van der Waals surface area contributed by atoms with E-state index in [9.17, 15) is 9.59 Å². The second-order valence-electron chi connectivity index (χ2n) is 11.8. The molecule has 5 fully saturated rings. The van der Waals surface area contributed by atoms with Gasteiger partial charge >= 0.3 is 0 Å². The molecular weight excluding hydrogens is 476 g/mol. The number of amides is 2. The fourth-order valence-electron chi connectivity index (χ4n) is 8.17. The zero-order valence-electron chi connectivity index (χ0n) is 21.4. The molecule has 1 aliphatic heterocycles. The third-order valence-electron chi connectivity index (χ3n) is 9.34. The maximum Gasteiger partial charge on any atom is 0.298 e. The van der Waals surface area contributed by atoms with Crippen LogP contribution in [0.15, 0.2) is 65.6 Å². The van der Waals surface area contributed by atoms with Crippen LogP contribution < -0.4 is 4.90 Å². The van der Waals surface area contributed by atoms with E-state index in [1.165, 1.54) is 49.0 Å². The lowest BCUT2D eigenvalue weighted by atomic mass is 9.48.